The number of hydrogen-bond donors (Lipinski definition) is 2. The molecule has 0 bridgehead atoms. The zero-order valence-electron chi connectivity index (χ0n) is 8.99. The molecule has 0 aliphatic carbocycles. The van der Waals surface area contributed by atoms with Gasteiger partial charge in [-0.3, -0.25) is 4.99 Å². The van der Waals surface area contributed by atoms with Crippen molar-refractivity contribution < 1.29 is 5.11 Å². The van der Waals surface area contributed by atoms with Gasteiger partial charge >= 0.3 is 0 Å². The van der Waals surface area contributed by atoms with Crippen LogP contribution in [0.4, 0.5) is 0 Å². The van der Waals surface area contributed by atoms with Crippen LogP contribution in [-0.4, -0.2) is 33.9 Å². The topological polar surface area (TPSA) is 58.6 Å². The fraction of sp³-hybridized carbons (Fsp3) is 0.900. The van der Waals surface area contributed by atoms with Crippen LogP contribution in [0.1, 0.15) is 33.1 Å². The van der Waals surface area contributed by atoms with Crippen molar-refractivity contribution in [3.63, 3.8) is 0 Å². The standard InChI is InChI=1S/C10H21IN2O/c1-3-4-13-8(2)5-9(12)6-10(14)7-11/h4,8-10,14H,3,5-7,12H2,1-2H3. The van der Waals surface area contributed by atoms with Crippen molar-refractivity contribution >= 4 is 28.8 Å². The maximum absolute atomic E-state index is 9.39. The molecule has 0 aromatic heterocycles. The number of aliphatic hydroxyl groups excluding tert-OH is 1. The molecular weight excluding hydrogens is 291 g/mol. The second-order valence-electron chi connectivity index (χ2n) is 3.63. The molecule has 3 nitrogen and oxygen atoms in total. The van der Waals surface area contributed by atoms with Crippen molar-refractivity contribution in [2.45, 2.75) is 51.3 Å². The zero-order valence-corrected chi connectivity index (χ0v) is 11.1. The quantitative estimate of drug-likeness (QED) is 0.427. The van der Waals surface area contributed by atoms with Crippen LogP contribution in [0.15, 0.2) is 4.99 Å². The average Bonchev–Trinajstić information content (AvgIpc) is 2.14. The van der Waals surface area contributed by atoms with Crippen LogP contribution >= 0.6 is 22.6 Å². The summed E-state index contributed by atoms with van der Waals surface area (Å²) in [5.41, 5.74) is 5.89. The van der Waals surface area contributed by atoms with Gasteiger partial charge in [-0.15, -0.1) is 0 Å². The molecule has 0 saturated heterocycles. The Balaban J connectivity index is 3.70. The van der Waals surface area contributed by atoms with Crippen LogP contribution < -0.4 is 5.73 Å². The second kappa shape index (κ2) is 8.61. The van der Waals surface area contributed by atoms with Crippen LogP contribution in [0.2, 0.25) is 0 Å². The molecule has 0 aliphatic heterocycles. The highest BCUT2D eigenvalue weighted by Gasteiger charge is 2.11. The largest absolute Gasteiger partial charge is 0.392 e. The first-order chi connectivity index (χ1) is 6.60. The van der Waals surface area contributed by atoms with E-state index >= 15 is 0 Å². The van der Waals surface area contributed by atoms with E-state index in [4.69, 9.17) is 5.73 Å². The van der Waals surface area contributed by atoms with Crippen LogP contribution in [-0.2, 0) is 0 Å². The van der Waals surface area contributed by atoms with Crippen molar-refractivity contribution in [1.82, 2.24) is 0 Å². The summed E-state index contributed by atoms with van der Waals surface area (Å²) in [6.07, 6.45) is 4.15. The third-order valence-electron chi connectivity index (χ3n) is 1.94. The fourth-order valence-corrected chi connectivity index (χ4v) is 1.65. The van der Waals surface area contributed by atoms with Crippen LogP contribution in [0, 0.1) is 0 Å². The Hall–Kier alpha value is 0.320. The summed E-state index contributed by atoms with van der Waals surface area (Å²) in [5.74, 6) is 0. The Morgan fingerprint density at radius 3 is 2.64 bits per heavy atom. The van der Waals surface area contributed by atoms with E-state index in [-0.39, 0.29) is 18.2 Å². The summed E-state index contributed by atoms with van der Waals surface area (Å²) in [4.78, 5) is 4.33. The molecule has 0 rings (SSSR count). The first kappa shape index (κ1) is 14.3. The lowest BCUT2D eigenvalue weighted by molar-refractivity contribution is 0.179. The molecule has 0 aromatic carbocycles. The number of alkyl halides is 1. The number of nitrogens with zero attached hydrogens (tertiary/aromatic N) is 1. The average molecular weight is 312 g/mol. The Morgan fingerprint density at radius 1 is 1.50 bits per heavy atom. The van der Waals surface area contributed by atoms with Crippen molar-refractivity contribution in [2.75, 3.05) is 4.43 Å². The molecule has 0 saturated carbocycles. The van der Waals surface area contributed by atoms with Gasteiger partial charge in [0.15, 0.2) is 0 Å². The molecule has 4 heteroatoms. The lowest BCUT2D eigenvalue weighted by Crippen LogP contribution is -2.29. The van der Waals surface area contributed by atoms with E-state index in [0.29, 0.717) is 6.42 Å². The maximum Gasteiger partial charge on any atom is 0.0644 e. The third kappa shape index (κ3) is 7.70. The predicted octanol–water partition coefficient (Wildman–Crippen LogP) is 1.76. The molecule has 3 N–H and O–H groups in total. The SMILES string of the molecule is CCC=NC(C)CC(N)CC(O)CI. The van der Waals surface area contributed by atoms with Gasteiger partial charge < -0.3 is 10.8 Å². The van der Waals surface area contributed by atoms with Gasteiger partial charge in [-0.05, 0) is 32.4 Å². The number of rotatable bonds is 7. The second-order valence-corrected chi connectivity index (χ2v) is 4.51. The predicted molar refractivity (Wildman–Crippen MR) is 70.3 cm³/mol. The minimum absolute atomic E-state index is 0.0590. The van der Waals surface area contributed by atoms with Gasteiger partial charge in [-0.25, -0.2) is 0 Å². The molecule has 0 fully saturated rings. The Labute approximate surface area is 100 Å². The van der Waals surface area contributed by atoms with Gasteiger partial charge in [0.25, 0.3) is 0 Å². The third-order valence-corrected chi connectivity index (χ3v) is 2.96. The normalized spacial score (nSPS) is 18.4. The van der Waals surface area contributed by atoms with E-state index in [1.165, 1.54) is 0 Å². The zero-order chi connectivity index (χ0) is 11.0. The Bertz CT molecular complexity index is 164. The molecule has 0 spiro atoms. The summed E-state index contributed by atoms with van der Waals surface area (Å²) in [7, 11) is 0. The highest BCUT2D eigenvalue weighted by Crippen LogP contribution is 2.07. The van der Waals surface area contributed by atoms with Crippen LogP contribution in [0.3, 0.4) is 0 Å². The Morgan fingerprint density at radius 2 is 2.14 bits per heavy atom. The lowest BCUT2D eigenvalue weighted by atomic mass is 10.0. The van der Waals surface area contributed by atoms with Crippen molar-refractivity contribution in [2.24, 2.45) is 10.7 Å². The van der Waals surface area contributed by atoms with E-state index < -0.39 is 0 Å². The molecule has 0 aliphatic rings. The number of nitrogens with two attached hydrogens (primary N) is 1. The molecule has 3 atom stereocenters. The van der Waals surface area contributed by atoms with Crippen molar-refractivity contribution in [3.8, 4) is 0 Å². The number of aliphatic hydroxyl groups is 1. The minimum Gasteiger partial charge on any atom is -0.392 e. The van der Waals surface area contributed by atoms with Gasteiger partial charge in [-0.2, -0.15) is 0 Å². The molecule has 0 radical (unpaired) electrons. The van der Waals surface area contributed by atoms with E-state index in [0.717, 1.165) is 17.3 Å². The van der Waals surface area contributed by atoms with Gasteiger partial charge in [0.05, 0.1) is 6.10 Å². The number of hydrogen-bond acceptors (Lipinski definition) is 3. The van der Waals surface area contributed by atoms with E-state index in [1.54, 1.807) is 0 Å². The van der Waals surface area contributed by atoms with Crippen molar-refractivity contribution in [1.29, 1.82) is 0 Å². The molecule has 0 amide bonds. The molecule has 0 heterocycles. The summed E-state index contributed by atoms with van der Waals surface area (Å²) in [6.45, 7) is 4.12. The molecule has 14 heavy (non-hydrogen) atoms. The molecular formula is C10H21IN2O. The molecule has 0 aromatic rings. The van der Waals surface area contributed by atoms with Gasteiger partial charge in [0.1, 0.15) is 0 Å². The smallest absolute Gasteiger partial charge is 0.0644 e. The summed E-state index contributed by atoms with van der Waals surface area (Å²) < 4.78 is 0.748. The molecule has 84 valence electrons. The summed E-state index contributed by atoms with van der Waals surface area (Å²) in [6, 6.07) is 0.329. The summed E-state index contributed by atoms with van der Waals surface area (Å²) >= 11 is 2.17. The van der Waals surface area contributed by atoms with Crippen LogP contribution in [0.25, 0.3) is 0 Å². The molecule has 3 unspecified atom stereocenters. The van der Waals surface area contributed by atoms with E-state index in [2.05, 4.69) is 41.4 Å². The van der Waals surface area contributed by atoms with Crippen LogP contribution in [0.5, 0.6) is 0 Å². The maximum atomic E-state index is 9.39. The van der Waals surface area contributed by atoms with E-state index in [9.17, 15) is 5.11 Å². The van der Waals surface area contributed by atoms with E-state index in [1.807, 2.05) is 6.21 Å². The lowest BCUT2D eigenvalue weighted by Gasteiger charge is -2.16. The Kier molecular flexibility index (Phi) is 8.81. The van der Waals surface area contributed by atoms with Crippen molar-refractivity contribution in [3.05, 3.63) is 0 Å². The summed E-state index contributed by atoms with van der Waals surface area (Å²) in [5, 5.41) is 9.39. The van der Waals surface area contributed by atoms with Gasteiger partial charge in [0, 0.05) is 16.5 Å². The van der Waals surface area contributed by atoms with Gasteiger partial charge in [0.2, 0.25) is 0 Å². The number of aliphatic imine (C=N–C) groups is 1. The fourth-order valence-electron chi connectivity index (χ4n) is 1.29. The number of halogens is 1. The highest BCUT2D eigenvalue weighted by atomic mass is 127. The first-order valence-corrected chi connectivity index (χ1v) is 6.63. The monoisotopic (exact) mass is 312 g/mol. The minimum atomic E-state index is -0.270. The van der Waals surface area contributed by atoms with Gasteiger partial charge in [-0.1, -0.05) is 29.5 Å². The first-order valence-electron chi connectivity index (χ1n) is 5.11. The highest BCUT2D eigenvalue weighted by molar-refractivity contribution is 14.1.